The van der Waals surface area contributed by atoms with Crippen LogP contribution < -0.4 is 15.4 Å². The van der Waals surface area contributed by atoms with E-state index in [9.17, 15) is 0 Å². The summed E-state index contributed by atoms with van der Waals surface area (Å²) in [4.78, 5) is 6.97. The standard InChI is InChI=1S/C23H35N5O2/c1-16(22-17(2)27-30-18(22)3)14-25-23(24-4)26-15-21(28-11-6-7-12-28)19-9-8-10-20(13-19)29-5/h8-10,13,16,21H,6-7,11-12,14-15H2,1-5H3,(H2,24,25,26). The van der Waals surface area contributed by atoms with E-state index in [2.05, 4.69) is 50.8 Å². The molecule has 0 radical (unpaired) electrons. The van der Waals surface area contributed by atoms with E-state index in [0.717, 1.165) is 49.3 Å². The molecule has 2 aromatic rings. The number of likely N-dealkylation sites (tertiary alicyclic amines) is 1. The number of methoxy groups -OCH3 is 1. The average Bonchev–Trinajstić information content (AvgIpc) is 3.40. The third kappa shape index (κ3) is 5.33. The monoisotopic (exact) mass is 413 g/mol. The zero-order valence-electron chi connectivity index (χ0n) is 18.9. The number of ether oxygens (including phenoxy) is 1. The van der Waals surface area contributed by atoms with Crippen LogP contribution in [0.15, 0.2) is 33.8 Å². The second kappa shape index (κ2) is 10.5. The van der Waals surface area contributed by atoms with Gasteiger partial charge in [-0.1, -0.05) is 24.2 Å². The molecule has 2 atom stereocenters. The summed E-state index contributed by atoms with van der Waals surface area (Å²) in [5.74, 6) is 2.87. The zero-order valence-corrected chi connectivity index (χ0v) is 18.9. The van der Waals surface area contributed by atoms with Crippen molar-refractivity contribution in [1.29, 1.82) is 0 Å². The van der Waals surface area contributed by atoms with Crippen molar-refractivity contribution in [1.82, 2.24) is 20.7 Å². The highest BCUT2D eigenvalue weighted by atomic mass is 16.5. The van der Waals surface area contributed by atoms with Crippen LogP contribution in [0.3, 0.4) is 0 Å². The Morgan fingerprint density at radius 1 is 1.23 bits per heavy atom. The largest absolute Gasteiger partial charge is 0.497 e. The molecule has 1 aromatic heterocycles. The lowest BCUT2D eigenvalue weighted by molar-refractivity contribution is 0.245. The van der Waals surface area contributed by atoms with Gasteiger partial charge in [-0.2, -0.15) is 0 Å². The summed E-state index contributed by atoms with van der Waals surface area (Å²) in [6.07, 6.45) is 2.50. The van der Waals surface area contributed by atoms with Crippen LogP contribution in [0.4, 0.5) is 0 Å². The molecule has 1 fully saturated rings. The third-order valence-electron chi connectivity index (χ3n) is 5.90. The lowest BCUT2D eigenvalue weighted by Gasteiger charge is -2.29. The van der Waals surface area contributed by atoms with Crippen LogP contribution in [0.25, 0.3) is 0 Å². The molecule has 2 unspecified atom stereocenters. The van der Waals surface area contributed by atoms with E-state index in [0.29, 0.717) is 0 Å². The maximum atomic E-state index is 5.45. The van der Waals surface area contributed by atoms with Crippen molar-refractivity contribution in [2.45, 2.75) is 45.6 Å². The van der Waals surface area contributed by atoms with Gasteiger partial charge in [0.2, 0.25) is 0 Å². The Morgan fingerprint density at radius 2 is 1.97 bits per heavy atom. The fourth-order valence-electron chi connectivity index (χ4n) is 4.32. The van der Waals surface area contributed by atoms with Crippen LogP contribution in [-0.2, 0) is 0 Å². The maximum absolute atomic E-state index is 5.45. The molecule has 1 aromatic carbocycles. The van der Waals surface area contributed by atoms with Gasteiger partial charge in [-0.15, -0.1) is 0 Å². The van der Waals surface area contributed by atoms with Gasteiger partial charge in [-0.3, -0.25) is 9.89 Å². The number of hydrogen-bond acceptors (Lipinski definition) is 5. The van der Waals surface area contributed by atoms with Crippen LogP contribution in [0.2, 0.25) is 0 Å². The Hall–Kier alpha value is -2.54. The Kier molecular flexibility index (Phi) is 7.74. The van der Waals surface area contributed by atoms with Gasteiger partial charge in [0.25, 0.3) is 0 Å². The molecule has 3 rings (SSSR count). The molecule has 2 N–H and O–H groups in total. The summed E-state index contributed by atoms with van der Waals surface area (Å²) in [5, 5.41) is 11.1. The predicted octanol–water partition coefficient (Wildman–Crippen LogP) is 3.41. The molecule has 2 heterocycles. The summed E-state index contributed by atoms with van der Waals surface area (Å²) in [5.41, 5.74) is 3.39. The molecule has 0 amide bonds. The molecule has 1 aliphatic rings. The normalized spacial score (nSPS) is 17.0. The molecule has 0 spiro atoms. The van der Waals surface area contributed by atoms with Crippen molar-refractivity contribution in [3.63, 3.8) is 0 Å². The number of hydrogen-bond donors (Lipinski definition) is 2. The number of benzene rings is 1. The fourth-order valence-corrected chi connectivity index (χ4v) is 4.32. The van der Waals surface area contributed by atoms with E-state index in [4.69, 9.17) is 9.26 Å². The van der Waals surface area contributed by atoms with Gasteiger partial charge in [0.05, 0.1) is 18.8 Å². The average molecular weight is 414 g/mol. The van der Waals surface area contributed by atoms with Gasteiger partial charge in [-0.05, 0) is 57.5 Å². The fraction of sp³-hybridized carbons (Fsp3) is 0.565. The van der Waals surface area contributed by atoms with Crippen molar-refractivity contribution in [3.8, 4) is 5.75 Å². The van der Waals surface area contributed by atoms with E-state index in [1.54, 1.807) is 7.11 Å². The molecular formula is C23H35N5O2. The van der Waals surface area contributed by atoms with Gasteiger partial charge in [-0.25, -0.2) is 0 Å². The second-order valence-corrected chi connectivity index (χ2v) is 8.01. The van der Waals surface area contributed by atoms with E-state index in [-0.39, 0.29) is 12.0 Å². The Morgan fingerprint density at radius 3 is 2.60 bits per heavy atom. The SMILES string of the molecule is CN=C(NCC(C)c1c(C)noc1C)NCC(c1cccc(OC)c1)N1CCCC1. The van der Waals surface area contributed by atoms with Crippen molar-refractivity contribution < 1.29 is 9.26 Å². The molecule has 0 saturated carbocycles. The van der Waals surface area contributed by atoms with E-state index >= 15 is 0 Å². The quantitative estimate of drug-likeness (QED) is 0.510. The van der Waals surface area contributed by atoms with E-state index in [1.165, 1.54) is 24.0 Å². The first-order valence-corrected chi connectivity index (χ1v) is 10.8. The Labute approximate surface area is 179 Å². The molecule has 30 heavy (non-hydrogen) atoms. The number of aromatic nitrogens is 1. The summed E-state index contributed by atoms with van der Waals surface area (Å²) in [7, 11) is 3.53. The molecule has 7 nitrogen and oxygen atoms in total. The van der Waals surface area contributed by atoms with Gasteiger partial charge in [0.15, 0.2) is 5.96 Å². The van der Waals surface area contributed by atoms with Crippen molar-refractivity contribution in [2.75, 3.05) is 40.3 Å². The van der Waals surface area contributed by atoms with Crippen LogP contribution in [0.1, 0.15) is 54.3 Å². The predicted molar refractivity (Wildman–Crippen MR) is 120 cm³/mol. The molecule has 0 bridgehead atoms. The van der Waals surface area contributed by atoms with Gasteiger partial charge >= 0.3 is 0 Å². The number of aryl methyl sites for hydroxylation is 2. The second-order valence-electron chi connectivity index (χ2n) is 8.01. The number of rotatable bonds is 8. The summed E-state index contributed by atoms with van der Waals surface area (Å²) in [6.45, 7) is 9.92. The van der Waals surface area contributed by atoms with Crippen molar-refractivity contribution in [3.05, 3.63) is 46.8 Å². The third-order valence-corrected chi connectivity index (χ3v) is 5.90. The number of nitrogens with one attached hydrogen (secondary N) is 2. The van der Waals surface area contributed by atoms with Crippen LogP contribution >= 0.6 is 0 Å². The van der Waals surface area contributed by atoms with Crippen molar-refractivity contribution in [2.24, 2.45) is 4.99 Å². The van der Waals surface area contributed by atoms with Gasteiger partial charge in [0.1, 0.15) is 11.5 Å². The van der Waals surface area contributed by atoms with E-state index < -0.39 is 0 Å². The summed E-state index contributed by atoms with van der Waals surface area (Å²) in [6, 6.07) is 8.66. The minimum Gasteiger partial charge on any atom is -0.497 e. The Balaban J connectivity index is 1.63. The van der Waals surface area contributed by atoms with Crippen LogP contribution in [0, 0.1) is 13.8 Å². The lowest BCUT2D eigenvalue weighted by atomic mass is 10.00. The smallest absolute Gasteiger partial charge is 0.191 e. The molecule has 7 heteroatoms. The van der Waals surface area contributed by atoms with Gasteiger partial charge < -0.3 is 19.9 Å². The highest BCUT2D eigenvalue weighted by molar-refractivity contribution is 5.79. The Bertz CT molecular complexity index is 822. The highest BCUT2D eigenvalue weighted by Gasteiger charge is 2.24. The molecule has 0 aliphatic carbocycles. The summed E-state index contributed by atoms with van der Waals surface area (Å²) >= 11 is 0. The number of aliphatic imine (C=N–C) groups is 1. The topological polar surface area (TPSA) is 74.9 Å². The maximum Gasteiger partial charge on any atom is 0.191 e. The van der Waals surface area contributed by atoms with Crippen LogP contribution in [0.5, 0.6) is 5.75 Å². The first-order chi connectivity index (χ1) is 14.5. The minimum absolute atomic E-state index is 0.279. The molecular weight excluding hydrogens is 378 g/mol. The molecule has 1 saturated heterocycles. The molecule has 1 aliphatic heterocycles. The number of nitrogens with zero attached hydrogens (tertiary/aromatic N) is 3. The van der Waals surface area contributed by atoms with Crippen LogP contribution in [-0.4, -0.2) is 56.4 Å². The molecule has 164 valence electrons. The zero-order chi connectivity index (χ0) is 21.5. The first kappa shape index (κ1) is 22.2. The van der Waals surface area contributed by atoms with Gasteiger partial charge in [0, 0.05) is 31.6 Å². The summed E-state index contributed by atoms with van der Waals surface area (Å²) < 4.78 is 10.8. The lowest BCUT2D eigenvalue weighted by Crippen LogP contribution is -2.43. The van der Waals surface area contributed by atoms with Crippen molar-refractivity contribution >= 4 is 5.96 Å². The minimum atomic E-state index is 0.279. The highest BCUT2D eigenvalue weighted by Crippen LogP contribution is 2.27. The van der Waals surface area contributed by atoms with E-state index in [1.807, 2.05) is 27.0 Å². The first-order valence-electron chi connectivity index (χ1n) is 10.8. The number of guanidine groups is 1.